The molecule has 1 unspecified atom stereocenters. The molecule has 0 bridgehead atoms. The fourth-order valence-electron chi connectivity index (χ4n) is 3.52. The molecule has 6 nitrogen and oxygen atoms in total. The predicted molar refractivity (Wildman–Crippen MR) is 103 cm³/mol. The molecule has 0 saturated carbocycles. The summed E-state index contributed by atoms with van der Waals surface area (Å²) in [5.41, 5.74) is 1.68. The lowest BCUT2D eigenvalue weighted by Gasteiger charge is -2.33. The highest BCUT2D eigenvalue weighted by Crippen LogP contribution is 2.24. The summed E-state index contributed by atoms with van der Waals surface area (Å²) in [6.07, 6.45) is 2.92. The third-order valence-electron chi connectivity index (χ3n) is 4.89. The van der Waals surface area contributed by atoms with Gasteiger partial charge in [-0.2, -0.15) is 0 Å². The zero-order valence-electron chi connectivity index (χ0n) is 15.3. The van der Waals surface area contributed by atoms with Crippen molar-refractivity contribution in [1.82, 2.24) is 4.90 Å². The van der Waals surface area contributed by atoms with Gasteiger partial charge in [0.15, 0.2) is 0 Å². The van der Waals surface area contributed by atoms with Gasteiger partial charge >= 0.3 is 0 Å². The number of nitrogens with two attached hydrogens (primary N) is 1. The molecule has 0 aromatic heterocycles. The molecule has 2 aromatic rings. The van der Waals surface area contributed by atoms with E-state index in [2.05, 4.69) is 6.07 Å². The molecular formula is C20H24N2O4S. The monoisotopic (exact) mass is 388 g/mol. The number of piperidine rings is 1. The van der Waals surface area contributed by atoms with Gasteiger partial charge in [-0.3, -0.25) is 4.79 Å². The first-order valence-electron chi connectivity index (χ1n) is 8.92. The number of rotatable bonds is 5. The van der Waals surface area contributed by atoms with Crippen LogP contribution in [-0.4, -0.2) is 39.4 Å². The minimum absolute atomic E-state index is 0.00796. The molecule has 1 heterocycles. The van der Waals surface area contributed by atoms with E-state index in [1.165, 1.54) is 29.8 Å². The quantitative estimate of drug-likeness (QED) is 0.852. The van der Waals surface area contributed by atoms with Crippen molar-refractivity contribution in [3.8, 4) is 5.75 Å². The van der Waals surface area contributed by atoms with Crippen LogP contribution in [0.3, 0.4) is 0 Å². The van der Waals surface area contributed by atoms with Crippen LogP contribution in [0.2, 0.25) is 0 Å². The van der Waals surface area contributed by atoms with Gasteiger partial charge in [0.1, 0.15) is 5.75 Å². The van der Waals surface area contributed by atoms with E-state index in [0.29, 0.717) is 24.6 Å². The summed E-state index contributed by atoms with van der Waals surface area (Å²) in [6.45, 7) is 1.40. The van der Waals surface area contributed by atoms with Crippen LogP contribution < -0.4 is 9.88 Å². The van der Waals surface area contributed by atoms with E-state index >= 15 is 0 Å². The van der Waals surface area contributed by atoms with Crippen LogP contribution in [0.25, 0.3) is 0 Å². The van der Waals surface area contributed by atoms with Gasteiger partial charge in [-0.1, -0.05) is 12.1 Å². The first kappa shape index (κ1) is 19.4. The highest BCUT2D eigenvalue weighted by atomic mass is 32.2. The number of primary sulfonamides is 1. The van der Waals surface area contributed by atoms with Crippen LogP contribution in [0, 0.1) is 5.92 Å². The second kappa shape index (κ2) is 8.10. The first-order valence-corrected chi connectivity index (χ1v) is 10.5. The van der Waals surface area contributed by atoms with Gasteiger partial charge in [0.2, 0.25) is 10.0 Å². The lowest BCUT2D eigenvalue weighted by molar-refractivity contribution is 0.0673. The van der Waals surface area contributed by atoms with Crippen molar-refractivity contribution in [3.63, 3.8) is 0 Å². The fraction of sp³-hybridized carbons (Fsp3) is 0.350. The molecule has 7 heteroatoms. The third kappa shape index (κ3) is 4.87. The zero-order chi connectivity index (χ0) is 19.4. The Balaban J connectivity index is 1.67. The molecule has 1 fully saturated rings. The number of sulfonamides is 1. The van der Waals surface area contributed by atoms with Crippen molar-refractivity contribution in [2.45, 2.75) is 24.2 Å². The van der Waals surface area contributed by atoms with Crippen molar-refractivity contribution in [3.05, 3.63) is 59.7 Å². The van der Waals surface area contributed by atoms with Gasteiger partial charge in [0.25, 0.3) is 5.91 Å². The Labute approximate surface area is 160 Å². The Kier molecular flexibility index (Phi) is 5.82. The van der Waals surface area contributed by atoms with Crippen molar-refractivity contribution < 1.29 is 17.9 Å². The summed E-state index contributed by atoms with van der Waals surface area (Å²) in [7, 11) is -2.10. The fourth-order valence-corrected chi connectivity index (χ4v) is 4.03. The molecule has 1 atom stereocenters. The minimum Gasteiger partial charge on any atom is -0.497 e. The lowest BCUT2D eigenvalue weighted by Crippen LogP contribution is -2.40. The van der Waals surface area contributed by atoms with E-state index in [0.717, 1.165) is 25.0 Å². The summed E-state index contributed by atoms with van der Waals surface area (Å²) >= 11 is 0. The predicted octanol–water partition coefficient (Wildman–Crippen LogP) is 2.44. The molecule has 0 aliphatic carbocycles. The Morgan fingerprint density at radius 2 is 1.96 bits per heavy atom. The van der Waals surface area contributed by atoms with E-state index in [1.54, 1.807) is 7.11 Å². The van der Waals surface area contributed by atoms with Crippen LogP contribution in [0.5, 0.6) is 5.75 Å². The highest BCUT2D eigenvalue weighted by molar-refractivity contribution is 7.89. The van der Waals surface area contributed by atoms with E-state index in [4.69, 9.17) is 9.88 Å². The molecule has 1 aliphatic heterocycles. The van der Waals surface area contributed by atoms with Crippen LogP contribution in [-0.2, 0) is 16.4 Å². The number of hydrogen-bond donors (Lipinski definition) is 1. The highest BCUT2D eigenvalue weighted by Gasteiger charge is 2.25. The average molecular weight is 388 g/mol. The Bertz CT molecular complexity index is 910. The Morgan fingerprint density at radius 3 is 2.63 bits per heavy atom. The van der Waals surface area contributed by atoms with E-state index in [-0.39, 0.29) is 10.8 Å². The van der Waals surface area contributed by atoms with Crippen LogP contribution in [0.4, 0.5) is 0 Å². The number of hydrogen-bond acceptors (Lipinski definition) is 4. The summed E-state index contributed by atoms with van der Waals surface area (Å²) in [5, 5.41) is 5.11. The molecule has 3 rings (SSSR count). The SMILES string of the molecule is COc1cccc(CC2CCCN(C(=O)c3ccc(S(N)(=O)=O)cc3)C2)c1. The number of nitrogens with zero attached hydrogens (tertiary/aromatic N) is 1. The lowest BCUT2D eigenvalue weighted by atomic mass is 9.91. The largest absolute Gasteiger partial charge is 0.497 e. The maximum atomic E-state index is 12.8. The molecular weight excluding hydrogens is 364 g/mol. The van der Waals surface area contributed by atoms with Crippen molar-refractivity contribution >= 4 is 15.9 Å². The van der Waals surface area contributed by atoms with E-state index in [1.807, 2.05) is 23.1 Å². The maximum Gasteiger partial charge on any atom is 0.253 e. The van der Waals surface area contributed by atoms with Crippen LogP contribution >= 0.6 is 0 Å². The summed E-state index contributed by atoms with van der Waals surface area (Å²) in [4.78, 5) is 14.6. The van der Waals surface area contributed by atoms with Gasteiger partial charge < -0.3 is 9.64 Å². The number of amides is 1. The van der Waals surface area contributed by atoms with Gasteiger partial charge in [0, 0.05) is 18.7 Å². The van der Waals surface area contributed by atoms with Gasteiger partial charge in [-0.15, -0.1) is 0 Å². The number of ether oxygens (including phenoxy) is 1. The molecule has 1 saturated heterocycles. The smallest absolute Gasteiger partial charge is 0.253 e. The second-order valence-corrected chi connectivity index (χ2v) is 8.45. The van der Waals surface area contributed by atoms with E-state index < -0.39 is 10.0 Å². The third-order valence-corrected chi connectivity index (χ3v) is 5.82. The summed E-state index contributed by atoms with van der Waals surface area (Å²) in [6, 6.07) is 13.8. The van der Waals surface area contributed by atoms with Gasteiger partial charge in [-0.25, -0.2) is 13.6 Å². The number of carbonyl (C=O) groups excluding carboxylic acids is 1. The number of methoxy groups -OCH3 is 1. The molecule has 144 valence electrons. The van der Waals surface area contributed by atoms with Crippen LogP contribution in [0.1, 0.15) is 28.8 Å². The van der Waals surface area contributed by atoms with Crippen LogP contribution in [0.15, 0.2) is 53.4 Å². The zero-order valence-corrected chi connectivity index (χ0v) is 16.1. The van der Waals surface area contributed by atoms with Crippen molar-refractivity contribution in [1.29, 1.82) is 0 Å². The maximum absolute atomic E-state index is 12.8. The summed E-state index contributed by atoms with van der Waals surface area (Å²) < 4.78 is 28.0. The summed E-state index contributed by atoms with van der Waals surface area (Å²) in [5.74, 6) is 1.15. The number of benzene rings is 2. The molecule has 2 N–H and O–H groups in total. The molecule has 0 spiro atoms. The number of carbonyl (C=O) groups is 1. The molecule has 0 radical (unpaired) electrons. The first-order chi connectivity index (χ1) is 12.9. The molecule has 2 aromatic carbocycles. The van der Waals surface area contributed by atoms with Gasteiger partial charge in [-0.05, 0) is 67.1 Å². The molecule has 1 aliphatic rings. The van der Waals surface area contributed by atoms with Gasteiger partial charge in [0.05, 0.1) is 12.0 Å². The normalized spacial score (nSPS) is 17.6. The average Bonchev–Trinajstić information content (AvgIpc) is 2.67. The molecule has 27 heavy (non-hydrogen) atoms. The van der Waals surface area contributed by atoms with Crippen molar-refractivity contribution in [2.24, 2.45) is 11.1 Å². The van der Waals surface area contributed by atoms with E-state index in [9.17, 15) is 13.2 Å². The Hall–Kier alpha value is -2.38. The van der Waals surface area contributed by atoms with Crippen molar-refractivity contribution in [2.75, 3.05) is 20.2 Å². The number of likely N-dealkylation sites (tertiary alicyclic amines) is 1. The minimum atomic E-state index is -3.75. The second-order valence-electron chi connectivity index (χ2n) is 6.88. The topological polar surface area (TPSA) is 89.7 Å². The standard InChI is InChI=1S/C20H24N2O4S/c1-26-18-6-2-4-15(13-18)12-16-5-3-11-22(14-16)20(23)17-7-9-19(10-8-17)27(21,24)25/h2,4,6-10,13,16H,3,5,11-12,14H2,1H3,(H2,21,24,25). The molecule has 1 amide bonds. The Morgan fingerprint density at radius 1 is 1.22 bits per heavy atom.